The first kappa shape index (κ1) is 45.6. The first-order valence-electron chi connectivity index (χ1n) is 20.9. The van der Waals surface area contributed by atoms with Crippen LogP contribution >= 0.6 is 0 Å². The Hall–Kier alpha value is -0.900. The van der Waals surface area contributed by atoms with Crippen molar-refractivity contribution in [3.8, 4) is 0 Å². The van der Waals surface area contributed by atoms with E-state index in [0.717, 1.165) is 0 Å². The van der Waals surface area contributed by atoms with Crippen LogP contribution in [0.3, 0.4) is 0 Å². The van der Waals surface area contributed by atoms with Gasteiger partial charge in [-0.1, -0.05) is 39.8 Å². The second-order valence-corrected chi connectivity index (χ2v) is 18.8. The first-order chi connectivity index (χ1) is 26.9. The maximum Gasteiger partial charge on any atom is 0.187 e. The summed E-state index contributed by atoms with van der Waals surface area (Å²) >= 11 is 0. The summed E-state index contributed by atoms with van der Waals surface area (Å²) in [6.45, 7) is 6.96. The van der Waals surface area contributed by atoms with Crippen LogP contribution in [-0.2, 0) is 28.4 Å². The van der Waals surface area contributed by atoms with Gasteiger partial charge in [-0.2, -0.15) is 0 Å². The van der Waals surface area contributed by atoms with E-state index >= 15 is 0 Å². The fourth-order valence-corrected chi connectivity index (χ4v) is 12.5. The molecule has 6 aliphatic rings. The summed E-state index contributed by atoms with van der Waals surface area (Å²) < 4.78 is 34.7. The van der Waals surface area contributed by atoms with Gasteiger partial charge in [0.1, 0.15) is 42.7 Å². The van der Waals surface area contributed by atoms with Gasteiger partial charge in [0.05, 0.1) is 49.8 Å². The summed E-state index contributed by atoms with van der Waals surface area (Å²) in [5.74, 6) is -2.57. The molecule has 4 aliphatic carbocycles. The quantitative estimate of drug-likeness (QED) is 0.0950. The molecular formula is C41H70O16. The molecule has 6 rings (SSSR count). The molecule has 4 saturated carbocycles. The van der Waals surface area contributed by atoms with Crippen LogP contribution in [0.5, 0.6) is 0 Å². The number of allylic oxidation sites excluding steroid dienone is 1. The molecule has 0 aromatic heterocycles. The van der Waals surface area contributed by atoms with Gasteiger partial charge in [0.15, 0.2) is 12.6 Å². The molecule has 330 valence electrons. The summed E-state index contributed by atoms with van der Waals surface area (Å²) in [5.41, 5.74) is -2.52. The van der Waals surface area contributed by atoms with Crippen LogP contribution in [0, 0.1) is 52.3 Å². The van der Waals surface area contributed by atoms with E-state index in [-0.39, 0.29) is 49.9 Å². The lowest BCUT2D eigenvalue weighted by atomic mass is 9.42. The number of ether oxygens (including phenoxy) is 6. The van der Waals surface area contributed by atoms with Crippen LogP contribution in [-0.4, -0.2) is 177 Å². The van der Waals surface area contributed by atoms with Gasteiger partial charge in [-0.15, -0.1) is 0 Å². The predicted octanol–water partition coefficient (Wildman–Crippen LogP) is -0.942. The minimum atomic E-state index is -1.47. The number of hydrogen-bond acceptors (Lipinski definition) is 16. The SMILES string of the molecule is COC1COC(OC2C(OCC(C=CC(C)C3C(O)C(O)C4C3(C)CCC3C5(C)CCC(O)CC5C(O)CC34O)C(C)CO)OC(C(O)CO)C2O)C(OC)C1O. The normalized spacial score (nSPS) is 50.9. The highest BCUT2D eigenvalue weighted by atomic mass is 16.8. The molecule has 0 bridgehead atoms. The average Bonchev–Trinajstić information content (AvgIpc) is 3.59. The highest BCUT2D eigenvalue weighted by Crippen LogP contribution is 2.69. The Labute approximate surface area is 335 Å². The fraction of sp³-hybridized carbons (Fsp3) is 0.951. The Morgan fingerprint density at radius 2 is 1.53 bits per heavy atom. The van der Waals surface area contributed by atoms with Crippen molar-refractivity contribution in [2.75, 3.05) is 40.6 Å². The molecule has 2 aliphatic heterocycles. The van der Waals surface area contributed by atoms with E-state index < -0.39 is 121 Å². The maximum absolute atomic E-state index is 12.7. The van der Waals surface area contributed by atoms with E-state index in [4.69, 9.17) is 28.4 Å². The summed E-state index contributed by atoms with van der Waals surface area (Å²) in [6, 6.07) is 0. The third kappa shape index (κ3) is 8.03. The van der Waals surface area contributed by atoms with Crippen LogP contribution in [0.25, 0.3) is 0 Å². The molecule has 0 amide bonds. The Balaban J connectivity index is 1.18. The number of aliphatic hydroxyl groups excluding tert-OH is 9. The van der Waals surface area contributed by atoms with Crippen LogP contribution in [0.15, 0.2) is 12.2 Å². The summed E-state index contributed by atoms with van der Waals surface area (Å²) in [4.78, 5) is 0. The lowest BCUT2D eigenvalue weighted by Gasteiger charge is -2.65. The number of fused-ring (bicyclic) bond motifs is 5. The first-order valence-corrected chi connectivity index (χ1v) is 20.9. The van der Waals surface area contributed by atoms with Crippen molar-refractivity contribution in [3.05, 3.63) is 12.2 Å². The van der Waals surface area contributed by atoms with Crippen molar-refractivity contribution >= 4 is 0 Å². The zero-order valence-corrected chi connectivity index (χ0v) is 34.2. The average molecular weight is 819 g/mol. The zero-order valence-electron chi connectivity index (χ0n) is 34.2. The van der Waals surface area contributed by atoms with Crippen molar-refractivity contribution in [1.82, 2.24) is 0 Å². The van der Waals surface area contributed by atoms with Gasteiger partial charge in [-0.25, -0.2) is 0 Å². The second kappa shape index (κ2) is 17.8. The van der Waals surface area contributed by atoms with Gasteiger partial charge in [-0.3, -0.25) is 0 Å². The van der Waals surface area contributed by atoms with E-state index in [2.05, 4.69) is 6.92 Å². The monoisotopic (exact) mass is 818 g/mol. The van der Waals surface area contributed by atoms with Gasteiger partial charge >= 0.3 is 0 Å². The third-order valence-electron chi connectivity index (χ3n) is 15.6. The highest BCUT2D eigenvalue weighted by molar-refractivity contribution is 5.22. The lowest BCUT2D eigenvalue weighted by Crippen LogP contribution is -2.68. The minimum absolute atomic E-state index is 0.0294. The summed E-state index contributed by atoms with van der Waals surface area (Å²) in [5, 5.41) is 111. The summed E-state index contributed by atoms with van der Waals surface area (Å²) in [7, 11) is 2.79. The molecular weight excluding hydrogens is 748 g/mol. The lowest BCUT2D eigenvalue weighted by molar-refractivity contribution is -0.310. The highest BCUT2D eigenvalue weighted by Gasteiger charge is 2.72. The standard InChI is InChI=1S/C41H70O16/c1-19(28-30(48)31(49)36-40(28,4)12-10-27-39(3)11-9-22(44)13-23(39)24(45)14-41(27,36)51)7-8-21(20(2)15-42)17-54-38-35(32(50)33(56-38)25(46)16-43)57-37-34(53-6)29(47)26(52-5)18-55-37/h7-8,19-38,42-51H,9-18H2,1-6H3. The van der Waals surface area contributed by atoms with Gasteiger partial charge in [0, 0.05) is 39.1 Å². The molecule has 16 heteroatoms. The van der Waals surface area contributed by atoms with E-state index in [1.807, 2.05) is 32.9 Å². The third-order valence-corrected chi connectivity index (χ3v) is 15.6. The summed E-state index contributed by atoms with van der Waals surface area (Å²) in [6.07, 6.45) is -7.49. The van der Waals surface area contributed by atoms with E-state index in [9.17, 15) is 51.1 Å². The Morgan fingerprint density at radius 3 is 2.18 bits per heavy atom. The number of hydrogen-bond donors (Lipinski definition) is 10. The fourth-order valence-electron chi connectivity index (χ4n) is 12.5. The molecule has 0 radical (unpaired) electrons. The molecule has 23 unspecified atom stereocenters. The zero-order chi connectivity index (χ0) is 41.8. The van der Waals surface area contributed by atoms with Crippen molar-refractivity contribution < 1.29 is 79.5 Å². The molecule has 2 heterocycles. The molecule has 0 spiro atoms. The molecule has 2 saturated heterocycles. The van der Waals surface area contributed by atoms with Gasteiger partial charge in [0.2, 0.25) is 0 Å². The molecule has 6 fully saturated rings. The van der Waals surface area contributed by atoms with Crippen LogP contribution in [0.4, 0.5) is 0 Å². The van der Waals surface area contributed by atoms with Crippen molar-refractivity contribution in [1.29, 1.82) is 0 Å². The Morgan fingerprint density at radius 1 is 0.825 bits per heavy atom. The van der Waals surface area contributed by atoms with Crippen LogP contribution in [0.2, 0.25) is 0 Å². The van der Waals surface area contributed by atoms with Crippen LogP contribution < -0.4 is 0 Å². The van der Waals surface area contributed by atoms with E-state index in [1.165, 1.54) is 14.2 Å². The Bertz CT molecular complexity index is 1360. The predicted molar refractivity (Wildman–Crippen MR) is 201 cm³/mol. The minimum Gasteiger partial charge on any atom is -0.396 e. The molecule has 16 nitrogen and oxygen atoms in total. The molecule has 0 aromatic rings. The molecule has 57 heavy (non-hydrogen) atoms. The van der Waals surface area contributed by atoms with Gasteiger partial charge < -0.3 is 79.5 Å². The molecule has 0 aromatic carbocycles. The number of methoxy groups -OCH3 is 2. The van der Waals surface area contributed by atoms with Crippen LogP contribution in [0.1, 0.15) is 66.2 Å². The Kier molecular flexibility index (Phi) is 14.3. The van der Waals surface area contributed by atoms with E-state index in [1.54, 1.807) is 0 Å². The smallest absolute Gasteiger partial charge is 0.187 e. The van der Waals surface area contributed by atoms with Gasteiger partial charge in [0.25, 0.3) is 0 Å². The molecule has 23 atom stereocenters. The topological polar surface area (TPSA) is 258 Å². The van der Waals surface area contributed by atoms with Crippen molar-refractivity contribution in [3.63, 3.8) is 0 Å². The van der Waals surface area contributed by atoms with Gasteiger partial charge in [-0.05, 0) is 72.5 Å². The number of rotatable bonds is 14. The largest absolute Gasteiger partial charge is 0.396 e. The maximum atomic E-state index is 12.7. The van der Waals surface area contributed by atoms with Crippen molar-refractivity contribution in [2.45, 2.75) is 152 Å². The number of aliphatic hydroxyl groups is 10. The van der Waals surface area contributed by atoms with Crippen molar-refractivity contribution in [2.24, 2.45) is 52.3 Å². The molecule has 10 N–H and O–H groups in total. The second-order valence-electron chi connectivity index (χ2n) is 18.8. The van der Waals surface area contributed by atoms with E-state index in [0.29, 0.717) is 32.1 Å².